The smallest absolute Gasteiger partial charge is 0.283 e. The number of hydrogen-bond acceptors (Lipinski definition) is 5. The third-order valence-corrected chi connectivity index (χ3v) is 1.50. The van der Waals surface area contributed by atoms with Gasteiger partial charge in [-0.05, 0) is 12.5 Å². The molecule has 0 saturated heterocycles. The van der Waals surface area contributed by atoms with Crippen molar-refractivity contribution in [3.05, 3.63) is 0 Å². The van der Waals surface area contributed by atoms with Crippen molar-refractivity contribution in [2.24, 2.45) is 0 Å². The molecule has 0 aromatic heterocycles. The van der Waals surface area contributed by atoms with Crippen LogP contribution in [0.25, 0.3) is 0 Å². The number of nitriles is 1. The molecule has 4 N–H and O–H groups in total. The summed E-state index contributed by atoms with van der Waals surface area (Å²) in [6.07, 6.45) is 4.87. The second-order valence-electron chi connectivity index (χ2n) is 0.433. The highest BCUT2D eigenvalue weighted by molar-refractivity contribution is 8.76. The van der Waals surface area contributed by atoms with Gasteiger partial charge in [-0.2, -0.15) is 5.26 Å². The van der Waals surface area contributed by atoms with Crippen LogP contribution in [0.1, 0.15) is 0 Å². The predicted molar refractivity (Wildman–Crippen MR) is 39.6 cm³/mol. The zero-order valence-electron chi connectivity index (χ0n) is 4.92. The first-order valence-electron chi connectivity index (χ1n) is 1.43. The summed E-state index contributed by atoms with van der Waals surface area (Å²) in [7, 11) is 3.55. The number of aliphatic hydroxyl groups excluding tert-OH is 1. The summed E-state index contributed by atoms with van der Waals surface area (Å²) in [6, 6.07) is 0. The molecule has 0 spiro atoms. The molecule has 0 aromatic rings. The van der Waals surface area contributed by atoms with Gasteiger partial charge in [-0.1, -0.05) is 21.6 Å². The van der Waals surface area contributed by atoms with E-state index in [2.05, 4.69) is 12.5 Å². The Labute approximate surface area is 57.4 Å². The molecule has 0 aliphatic heterocycles. The molecule has 0 heterocycles. The Hall–Kier alpha value is -0.0500. The van der Waals surface area contributed by atoms with E-state index in [0.29, 0.717) is 0 Å². The average molecular weight is 154 g/mol. The molecule has 0 fully saturated rings. The van der Waals surface area contributed by atoms with Crippen molar-refractivity contribution < 1.29 is 5.11 Å². The SMILES string of the molecule is CSSC.N.N#CO. The Morgan fingerprint density at radius 2 is 1.50 bits per heavy atom. The van der Waals surface area contributed by atoms with Crippen LogP contribution in [0.2, 0.25) is 0 Å². The molecule has 0 rings (SSSR count). The fourth-order valence-corrected chi connectivity index (χ4v) is 0. The maximum absolute atomic E-state index is 6.88. The van der Waals surface area contributed by atoms with Gasteiger partial charge < -0.3 is 11.3 Å². The summed E-state index contributed by atoms with van der Waals surface area (Å²) in [6.45, 7) is 0. The lowest BCUT2D eigenvalue weighted by atomic mass is 11.6. The van der Waals surface area contributed by atoms with Crippen LogP contribution >= 0.6 is 21.6 Å². The summed E-state index contributed by atoms with van der Waals surface area (Å²) in [5.41, 5.74) is 0. The molecule has 50 valence electrons. The monoisotopic (exact) mass is 154 g/mol. The maximum atomic E-state index is 6.88. The molecule has 0 aliphatic carbocycles. The van der Waals surface area contributed by atoms with Gasteiger partial charge in [0.25, 0.3) is 6.26 Å². The number of aliphatic hydroxyl groups is 1. The van der Waals surface area contributed by atoms with Crippen LogP contribution in [0.5, 0.6) is 0 Å². The fourth-order valence-electron chi connectivity index (χ4n) is 0. The summed E-state index contributed by atoms with van der Waals surface area (Å²) in [4.78, 5) is 0. The van der Waals surface area contributed by atoms with Crippen molar-refractivity contribution in [1.29, 1.82) is 5.26 Å². The minimum atomic E-state index is 0. The van der Waals surface area contributed by atoms with Crippen LogP contribution < -0.4 is 6.15 Å². The van der Waals surface area contributed by atoms with E-state index in [-0.39, 0.29) is 6.15 Å². The predicted octanol–water partition coefficient (Wildman–Crippen LogP) is 1.63. The number of nitrogens with zero attached hydrogens (tertiary/aromatic N) is 1. The van der Waals surface area contributed by atoms with E-state index in [1.54, 1.807) is 21.6 Å². The molecule has 0 amide bonds. The molecule has 0 radical (unpaired) electrons. The van der Waals surface area contributed by atoms with Gasteiger partial charge in [-0.3, -0.25) is 0 Å². The molecule has 3 nitrogen and oxygen atoms in total. The highest BCUT2D eigenvalue weighted by atomic mass is 33.1. The first-order chi connectivity index (χ1) is 3.33. The highest BCUT2D eigenvalue weighted by Crippen LogP contribution is 2.09. The van der Waals surface area contributed by atoms with Gasteiger partial charge in [0, 0.05) is 0 Å². The minimum absolute atomic E-state index is 0. The topological polar surface area (TPSA) is 79.0 Å². The lowest BCUT2D eigenvalue weighted by Crippen LogP contribution is -1.28. The van der Waals surface area contributed by atoms with Crippen LogP contribution in [0.3, 0.4) is 0 Å². The quantitative estimate of drug-likeness (QED) is 0.443. The molecule has 0 atom stereocenters. The summed E-state index contributed by atoms with van der Waals surface area (Å²) >= 11 is 0. The van der Waals surface area contributed by atoms with Gasteiger partial charge in [0.2, 0.25) is 0 Å². The molecule has 0 aromatic carbocycles. The van der Waals surface area contributed by atoms with Gasteiger partial charge in [0.05, 0.1) is 0 Å². The summed E-state index contributed by atoms with van der Waals surface area (Å²) in [5, 5.41) is 13.8. The lowest BCUT2D eigenvalue weighted by Gasteiger charge is -1.69. The van der Waals surface area contributed by atoms with E-state index in [1.165, 1.54) is 0 Å². The van der Waals surface area contributed by atoms with Crippen molar-refractivity contribution in [3.8, 4) is 6.26 Å². The van der Waals surface area contributed by atoms with Crippen LogP contribution in [0.4, 0.5) is 0 Å². The second kappa shape index (κ2) is 28.3. The lowest BCUT2D eigenvalue weighted by molar-refractivity contribution is 0.503. The molecule has 0 unspecified atom stereocenters. The van der Waals surface area contributed by atoms with E-state index >= 15 is 0 Å². The maximum Gasteiger partial charge on any atom is 0.283 e. The van der Waals surface area contributed by atoms with Crippen molar-refractivity contribution in [3.63, 3.8) is 0 Å². The van der Waals surface area contributed by atoms with Gasteiger partial charge in [0.15, 0.2) is 0 Å². The molecular weight excluding hydrogens is 144 g/mol. The summed E-state index contributed by atoms with van der Waals surface area (Å²) in [5.74, 6) is 0. The first-order valence-corrected chi connectivity index (χ1v) is 4.40. The Morgan fingerprint density at radius 1 is 1.38 bits per heavy atom. The minimum Gasteiger partial charge on any atom is -0.443 e. The Kier molecular flexibility index (Phi) is 55.4. The van der Waals surface area contributed by atoms with Crippen molar-refractivity contribution in [2.75, 3.05) is 12.5 Å². The van der Waals surface area contributed by atoms with Crippen molar-refractivity contribution in [1.82, 2.24) is 6.15 Å². The van der Waals surface area contributed by atoms with Crippen molar-refractivity contribution in [2.45, 2.75) is 0 Å². The Morgan fingerprint density at radius 3 is 1.50 bits per heavy atom. The normalized spacial score (nSPS) is 4.62. The van der Waals surface area contributed by atoms with E-state index < -0.39 is 0 Å². The highest BCUT2D eigenvalue weighted by Gasteiger charge is 1.55. The number of rotatable bonds is 1. The number of hydrogen-bond donors (Lipinski definition) is 2. The largest absolute Gasteiger partial charge is 0.443 e. The van der Waals surface area contributed by atoms with Crippen LogP contribution in [-0.4, -0.2) is 17.6 Å². The molecular formula is C3H10N2OS2. The zero-order chi connectivity index (χ0) is 6.12. The van der Waals surface area contributed by atoms with Crippen LogP contribution in [0.15, 0.2) is 0 Å². The van der Waals surface area contributed by atoms with Crippen LogP contribution in [-0.2, 0) is 0 Å². The van der Waals surface area contributed by atoms with Gasteiger partial charge >= 0.3 is 0 Å². The molecule has 5 heteroatoms. The second-order valence-corrected chi connectivity index (χ2v) is 3.10. The zero-order valence-corrected chi connectivity index (χ0v) is 6.55. The molecule has 8 heavy (non-hydrogen) atoms. The Bertz CT molecular complexity index is 51.7. The average Bonchev–Trinajstić information content (AvgIpc) is 1.69. The third-order valence-electron chi connectivity index (χ3n) is 0.167. The summed E-state index contributed by atoms with van der Waals surface area (Å²) < 4.78 is 0. The molecule has 0 bridgehead atoms. The fraction of sp³-hybridized carbons (Fsp3) is 0.667. The first kappa shape index (κ1) is 15.7. The Balaban J connectivity index is -0.0000000575. The van der Waals surface area contributed by atoms with Gasteiger partial charge in [-0.25, -0.2) is 0 Å². The standard InChI is InChI=1S/C2H6S2.CHNO.H3N/c1-3-4-2;2-1-3;/h1-2H3;3H;1H3. The van der Waals surface area contributed by atoms with Gasteiger partial charge in [0.1, 0.15) is 0 Å². The van der Waals surface area contributed by atoms with E-state index in [1.807, 2.05) is 0 Å². The van der Waals surface area contributed by atoms with Crippen molar-refractivity contribution >= 4 is 21.6 Å². The molecule has 0 saturated carbocycles. The third kappa shape index (κ3) is 162. The van der Waals surface area contributed by atoms with E-state index in [4.69, 9.17) is 10.4 Å². The van der Waals surface area contributed by atoms with E-state index in [9.17, 15) is 0 Å². The molecule has 0 aliphatic rings. The van der Waals surface area contributed by atoms with Gasteiger partial charge in [-0.15, -0.1) is 0 Å². The van der Waals surface area contributed by atoms with Crippen LogP contribution in [0, 0.1) is 11.5 Å². The van der Waals surface area contributed by atoms with E-state index in [0.717, 1.165) is 6.26 Å².